The third-order valence-corrected chi connectivity index (χ3v) is 2.83. The number of piperazine rings is 1. The molecule has 0 aromatic heterocycles. The summed E-state index contributed by atoms with van der Waals surface area (Å²) >= 11 is 0. The standard InChI is InChI=1S/C13H16N2/c1-2-9-15-10-8-14-11-13(15)12-6-4-3-5-7-12/h1,3-7,13-14H,8-11H2. The van der Waals surface area contributed by atoms with Crippen molar-refractivity contribution in [3.05, 3.63) is 35.9 Å². The van der Waals surface area contributed by atoms with Gasteiger partial charge in [-0.1, -0.05) is 36.3 Å². The summed E-state index contributed by atoms with van der Waals surface area (Å²) in [5, 5.41) is 3.41. The number of hydrogen-bond donors (Lipinski definition) is 1. The molecule has 0 radical (unpaired) electrons. The van der Waals surface area contributed by atoms with Crippen LogP contribution >= 0.6 is 0 Å². The van der Waals surface area contributed by atoms with Gasteiger partial charge in [0.2, 0.25) is 0 Å². The molecule has 2 nitrogen and oxygen atoms in total. The van der Waals surface area contributed by atoms with Crippen molar-refractivity contribution in [1.82, 2.24) is 10.2 Å². The van der Waals surface area contributed by atoms with Crippen LogP contribution < -0.4 is 5.32 Å². The van der Waals surface area contributed by atoms with Crippen molar-refractivity contribution in [3.8, 4) is 12.3 Å². The average molecular weight is 200 g/mol. The van der Waals surface area contributed by atoms with Crippen LogP contribution in [-0.4, -0.2) is 31.1 Å². The van der Waals surface area contributed by atoms with E-state index in [1.54, 1.807) is 0 Å². The molecule has 0 amide bonds. The summed E-state index contributed by atoms with van der Waals surface area (Å²) in [4.78, 5) is 2.35. The highest BCUT2D eigenvalue weighted by molar-refractivity contribution is 5.20. The van der Waals surface area contributed by atoms with Crippen LogP contribution in [0.25, 0.3) is 0 Å². The highest BCUT2D eigenvalue weighted by Gasteiger charge is 2.22. The number of rotatable bonds is 2. The van der Waals surface area contributed by atoms with Crippen LogP contribution in [0.15, 0.2) is 30.3 Å². The van der Waals surface area contributed by atoms with Crippen LogP contribution in [0.2, 0.25) is 0 Å². The van der Waals surface area contributed by atoms with Crippen LogP contribution in [0.3, 0.4) is 0 Å². The van der Waals surface area contributed by atoms with E-state index in [0.29, 0.717) is 6.04 Å². The summed E-state index contributed by atoms with van der Waals surface area (Å²) in [6, 6.07) is 11.0. The number of benzene rings is 1. The van der Waals surface area contributed by atoms with Gasteiger partial charge in [-0.15, -0.1) is 6.42 Å². The molecule has 1 unspecified atom stereocenters. The zero-order valence-corrected chi connectivity index (χ0v) is 8.82. The minimum Gasteiger partial charge on any atom is -0.314 e. The summed E-state index contributed by atoms with van der Waals surface area (Å²) < 4.78 is 0. The molecule has 1 aromatic carbocycles. The smallest absolute Gasteiger partial charge is 0.0605 e. The Kier molecular flexibility index (Phi) is 3.39. The molecule has 0 saturated carbocycles. The lowest BCUT2D eigenvalue weighted by atomic mass is 10.0. The van der Waals surface area contributed by atoms with E-state index in [1.807, 2.05) is 6.07 Å². The Hall–Kier alpha value is -1.30. The van der Waals surface area contributed by atoms with E-state index in [0.717, 1.165) is 26.2 Å². The molecule has 1 aliphatic heterocycles. The summed E-state index contributed by atoms with van der Waals surface area (Å²) in [6.07, 6.45) is 5.39. The van der Waals surface area contributed by atoms with Gasteiger partial charge in [0, 0.05) is 25.7 Å². The van der Waals surface area contributed by atoms with Crippen molar-refractivity contribution in [2.45, 2.75) is 6.04 Å². The van der Waals surface area contributed by atoms with Crippen molar-refractivity contribution in [2.24, 2.45) is 0 Å². The number of terminal acetylenes is 1. The van der Waals surface area contributed by atoms with Crippen molar-refractivity contribution < 1.29 is 0 Å². The second-order valence-electron chi connectivity index (χ2n) is 3.81. The van der Waals surface area contributed by atoms with Crippen LogP contribution in [0.4, 0.5) is 0 Å². The molecule has 2 rings (SSSR count). The van der Waals surface area contributed by atoms with Crippen LogP contribution in [-0.2, 0) is 0 Å². The second kappa shape index (κ2) is 4.97. The first-order valence-electron chi connectivity index (χ1n) is 5.35. The minimum atomic E-state index is 0.427. The highest BCUT2D eigenvalue weighted by Crippen LogP contribution is 2.20. The molecule has 1 fully saturated rings. The summed E-state index contributed by atoms with van der Waals surface area (Å²) in [5.74, 6) is 2.74. The first kappa shape index (κ1) is 10.2. The van der Waals surface area contributed by atoms with E-state index in [1.165, 1.54) is 5.56 Å². The maximum absolute atomic E-state index is 5.39. The van der Waals surface area contributed by atoms with E-state index in [9.17, 15) is 0 Å². The zero-order chi connectivity index (χ0) is 10.5. The Balaban J connectivity index is 2.15. The van der Waals surface area contributed by atoms with Crippen molar-refractivity contribution in [1.29, 1.82) is 0 Å². The van der Waals surface area contributed by atoms with Crippen LogP contribution in [0.5, 0.6) is 0 Å². The van der Waals surface area contributed by atoms with Gasteiger partial charge in [-0.3, -0.25) is 4.90 Å². The number of hydrogen-bond acceptors (Lipinski definition) is 2. The first-order chi connectivity index (χ1) is 7.42. The third-order valence-electron chi connectivity index (χ3n) is 2.83. The lowest BCUT2D eigenvalue weighted by molar-refractivity contribution is 0.183. The second-order valence-corrected chi connectivity index (χ2v) is 3.81. The van der Waals surface area contributed by atoms with Gasteiger partial charge in [0.05, 0.1) is 6.54 Å². The highest BCUT2D eigenvalue weighted by atomic mass is 15.2. The predicted molar refractivity (Wildman–Crippen MR) is 62.5 cm³/mol. The maximum Gasteiger partial charge on any atom is 0.0605 e. The van der Waals surface area contributed by atoms with E-state index >= 15 is 0 Å². The Morgan fingerprint density at radius 2 is 2.20 bits per heavy atom. The quantitative estimate of drug-likeness (QED) is 0.723. The molecule has 15 heavy (non-hydrogen) atoms. The molecule has 0 spiro atoms. The van der Waals surface area contributed by atoms with Crippen LogP contribution in [0.1, 0.15) is 11.6 Å². The van der Waals surface area contributed by atoms with E-state index in [4.69, 9.17) is 6.42 Å². The Labute approximate surface area is 91.3 Å². The Morgan fingerprint density at radius 3 is 2.93 bits per heavy atom. The normalized spacial score (nSPS) is 22.2. The van der Waals surface area contributed by atoms with Gasteiger partial charge in [0.1, 0.15) is 0 Å². The fourth-order valence-corrected chi connectivity index (χ4v) is 2.06. The van der Waals surface area contributed by atoms with Crippen molar-refractivity contribution in [2.75, 3.05) is 26.2 Å². The molecule has 2 heteroatoms. The molecular weight excluding hydrogens is 184 g/mol. The van der Waals surface area contributed by atoms with E-state index < -0.39 is 0 Å². The number of nitrogens with zero attached hydrogens (tertiary/aromatic N) is 1. The van der Waals surface area contributed by atoms with Gasteiger partial charge < -0.3 is 5.32 Å². The van der Waals surface area contributed by atoms with E-state index in [-0.39, 0.29) is 0 Å². The van der Waals surface area contributed by atoms with Crippen molar-refractivity contribution in [3.63, 3.8) is 0 Å². The number of nitrogens with one attached hydrogen (secondary N) is 1. The average Bonchev–Trinajstić information content (AvgIpc) is 2.31. The molecular formula is C13H16N2. The molecule has 1 N–H and O–H groups in total. The molecule has 78 valence electrons. The summed E-state index contributed by atoms with van der Waals surface area (Å²) in [6.45, 7) is 3.79. The van der Waals surface area contributed by atoms with Gasteiger partial charge >= 0.3 is 0 Å². The van der Waals surface area contributed by atoms with Crippen LogP contribution in [0, 0.1) is 12.3 Å². The monoisotopic (exact) mass is 200 g/mol. The molecule has 1 aromatic rings. The Morgan fingerprint density at radius 1 is 1.40 bits per heavy atom. The predicted octanol–water partition coefficient (Wildman–Crippen LogP) is 1.27. The first-order valence-corrected chi connectivity index (χ1v) is 5.35. The summed E-state index contributed by atoms with van der Waals surface area (Å²) in [7, 11) is 0. The van der Waals surface area contributed by atoms with E-state index in [2.05, 4.69) is 40.4 Å². The maximum atomic E-state index is 5.39. The summed E-state index contributed by atoms with van der Waals surface area (Å²) in [5.41, 5.74) is 1.35. The molecule has 1 heterocycles. The van der Waals surface area contributed by atoms with Crippen molar-refractivity contribution >= 4 is 0 Å². The Bertz CT molecular complexity index is 339. The lowest BCUT2D eigenvalue weighted by Crippen LogP contribution is -2.46. The SMILES string of the molecule is C#CCN1CCNCC1c1ccccc1. The molecule has 0 bridgehead atoms. The largest absolute Gasteiger partial charge is 0.314 e. The van der Waals surface area contributed by atoms with Gasteiger partial charge in [-0.05, 0) is 5.56 Å². The lowest BCUT2D eigenvalue weighted by Gasteiger charge is -2.35. The van der Waals surface area contributed by atoms with Gasteiger partial charge in [-0.25, -0.2) is 0 Å². The molecule has 1 atom stereocenters. The minimum absolute atomic E-state index is 0.427. The zero-order valence-electron chi connectivity index (χ0n) is 8.82. The fourth-order valence-electron chi connectivity index (χ4n) is 2.06. The van der Waals surface area contributed by atoms with Gasteiger partial charge in [-0.2, -0.15) is 0 Å². The fraction of sp³-hybridized carbons (Fsp3) is 0.385. The van der Waals surface area contributed by atoms with Gasteiger partial charge in [0.15, 0.2) is 0 Å². The molecule has 1 aliphatic rings. The third kappa shape index (κ3) is 2.38. The molecule has 1 saturated heterocycles. The topological polar surface area (TPSA) is 15.3 Å². The molecule has 0 aliphatic carbocycles. The van der Waals surface area contributed by atoms with Gasteiger partial charge in [0.25, 0.3) is 0 Å².